The van der Waals surface area contributed by atoms with Gasteiger partial charge >= 0.3 is 0 Å². The molecule has 1 saturated carbocycles. The maximum atomic E-state index is 9.53. The van der Waals surface area contributed by atoms with Crippen LogP contribution in [0.25, 0.3) is 0 Å². The van der Waals surface area contributed by atoms with Gasteiger partial charge < -0.3 is 9.47 Å². The van der Waals surface area contributed by atoms with Gasteiger partial charge in [-0.05, 0) is 52.4 Å². The van der Waals surface area contributed by atoms with Gasteiger partial charge in [0.1, 0.15) is 5.54 Å². The lowest BCUT2D eigenvalue weighted by molar-refractivity contribution is -0.0757. The van der Waals surface area contributed by atoms with E-state index in [0.717, 1.165) is 38.7 Å². The zero-order chi connectivity index (χ0) is 14.4. The maximum absolute atomic E-state index is 9.53. The molecular formula is C16H28N2O2. The van der Waals surface area contributed by atoms with Gasteiger partial charge in [0.25, 0.3) is 0 Å². The Morgan fingerprint density at radius 3 is 2.85 bits per heavy atom. The van der Waals surface area contributed by atoms with Crippen molar-refractivity contribution in [3.05, 3.63) is 0 Å². The Kier molecular flexibility index (Phi) is 5.83. The van der Waals surface area contributed by atoms with E-state index < -0.39 is 5.54 Å². The van der Waals surface area contributed by atoms with Crippen LogP contribution >= 0.6 is 0 Å². The van der Waals surface area contributed by atoms with Gasteiger partial charge in [0.2, 0.25) is 0 Å². The Morgan fingerprint density at radius 1 is 1.35 bits per heavy atom. The van der Waals surface area contributed by atoms with Crippen LogP contribution in [0.4, 0.5) is 0 Å². The van der Waals surface area contributed by atoms with Crippen LogP contribution < -0.4 is 5.32 Å². The Morgan fingerprint density at radius 2 is 2.20 bits per heavy atom. The van der Waals surface area contributed by atoms with Crippen molar-refractivity contribution in [2.45, 2.75) is 82.6 Å². The summed E-state index contributed by atoms with van der Waals surface area (Å²) in [5.74, 6) is 0. The van der Waals surface area contributed by atoms with E-state index in [0.29, 0.717) is 12.6 Å². The number of nitriles is 1. The summed E-state index contributed by atoms with van der Waals surface area (Å²) in [6, 6.07) is 2.82. The van der Waals surface area contributed by atoms with Crippen molar-refractivity contribution in [3.8, 4) is 6.07 Å². The molecule has 1 N–H and O–H groups in total. The molecule has 2 aliphatic rings. The minimum absolute atomic E-state index is 0.195. The molecule has 1 aliphatic carbocycles. The molecule has 4 nitrogen and oxygen atoms in total. The fourth-order valence-electron chi connectivity index (χ4n) is 3.37. The third kappa shape index (κ3) is 4.44. The molecule has 1 saturated heterocycles. The van der Waals surface area contributed by atoms with Crippen LogP contribution in [0.15, 0.2) is 0 Å². The first-order valence-corrected chi connectivity index (χ1v) is 8.06. The number of hydrogen-bond acceptors (Lipinski definition) is 4. The lowest BCUT2D eigenvalue weighted by atomic mass is 9.80. The van der Waals surface area contributed by atoms with E-state index in [2.05, 4.69) is 25.2 Å². The highest BCUT2D eigenvalue weighted by Crippen LogP contribution is 2.30. The molecule has 3 unspecified atom stereocenters. The second-order valence-corrected chi connectivity index (χ2v) is 6.53. The Bertz CT molecular complexity index is 334. The number of nitrogens with zero attached hydrogens (tertiary/aromatic N) is 1. The maximum Gasteiger partial charge on any atom is 0.109 e. The van der Waals surface area contributed by atoms with E-state index in [4.69, 9.17) is 9.47 Å². The van der Waals surface area contributed by atoms with Crippen molar-refractivity contribution >= 4 is 0 Å². The zero-order valence-corrected chi connectivity index (χ0v) is 12.9. The molecule has 2 fully saturated rings. The fourth-order valence-corrected chi connectivity index (χ4v) is 3.37. The summed E-state index contributed by atoms with van der Waals surface area (Å²) in [6.45, 7) is 5.75. The Hall–Kier alpha value is -0.630. The van der Waals surface area contributed by atoms with E-state index in [-0.39, 0.29) is 12.2 Å². The highest BCUT2D eigenvalue weighted by molar-refractivity contribution is 5.10. The largest absolute Gasteiger partial charge is 0.376 e. The predicted molar refractivity (Wildman–Crippen MR) is 78.4 cm³/mol. The molecule has 0 amide bonds. The monoisotopic (exact) mass is 280 g/mol. The number of nitrogens with one attached hydrogen (secondary N) is 1. The van der Waals surface area contributed by atoms with Crippen molar-refractivity contribution < 1.29 is 9.47 Å². The Labute approximate surface area is 122 Å². The minimum Gasteiger partial charge on any atom is -0.376 e. The van der Waals surface area contributed by atoms with E-state index in [9.17, 15) is 5.26 Å². The van der Waals surface area contributed by atoms with Gasteiger partial charge in [0, 0.05) is 19.1 Å². The smallest absolute Gasteiger partial charge is 0.109 e. The normalized spacial score (nSPS) is 34.9. The Balaban J connectivity index is 1.81. The molecule has 20 heavy (non-hydrogen) atoms. The van der Waals surface area contributed by atoms with E-state index in [1.54, 1.807) is 0 Å². The first-order valence-electron chi connectivity index (χ1n) is 8.06. The quantitative estimate of drug-likeness (QED) is 0.841. The third-order valence-corrected chi connectivity index (χ3v) is 4.28. The summed E-state index contributed by atoms with van der Waals surface area (Å²) < 4.78 is 11.8. The van der Waals surface area contributed by atoms with Crippen molar-refractivity contribution in [2.24, 2.45) is 0 Å². The zero-order valence-electron chi connectivity index (χ0n) is 12.9. The molecule has 0 aromatic rings. The van der Waals surface area contributed by atoms with Crippen molar-refractivity contribution in [2.75, 3.05) is 13.2 Å². The van der Waals surface area contributed by atoms with Gasteiger partial charge in [-0.15, -0.1) is 0 Å². The van der Waals surface area contributed by atoms with Crippen LogP contribution in [0, 0.1) is 11.3 Å². The molecule has 3 atom stereocenters. The van der Waals surface area contributed by atoms with Gasteiger partial charge in [-0.25, -0.2) is 0 Å². The third-order valence-electron chi connectivity index (χ3n) is 4.28. The molecule has 1 heterocycles. The van der Waals surface area contributed by atoms with Crippen LogP contribution in [0.3, 0.4) is 0 Å². The highest BCUT2D eigenvalue weighted by atomic mass is 16.5. The van der Waals surface area contributed by atoms with Gasteiger partial charge in [0.15, 0.2) is 0 Å². The summed E-state index contributed by atoms with van der Waals surface area (Å²) in [4.78, 5) is 0. The summed E-state index contributed by atoms with van der Waals surface area (Å²) in [5, 5.41) is 13.0. The summed E-state index contributed by atoms with van der Waals surface area (Å²) >= 11 is 0. The summed E-state index contributed by atoms with van der Waals surface area (Å²) in [7, 11) is 0. The van der Waals surface area contributed by atoms with E-state index in [1.807, 2.05) is 0 Å². The molecule has 0 spiro atoms. The highest BCUT2D eigenvalue weighted by Gasteiger charge is 2.37. The molecule has 2 rings (SSSR count). The molecule has 0 radical (unpaired) electrons. The molecule has 0 bridgehead atoms. The van der Waals surface area contributed by atoms with Gasteiger partial charge in [-0.1, -0.05) is 0 Å². The average Bonchev–Trinajstić information content (AvgIpc) is 2.46. The van der Waals surface area contributed by atoms with Crippen LogP contribution in [0.1, 0.15) is 58.8 Å². The minimum atomic E-state index is -0.398. The number of rotatable bonds is 5. The van der Waals surface area contributed by atoms with Gasteiger partial charge in [-0.2, -0.15) is 5.26 Å². The van der Waals surface area contributed by atoms with Crippen molar-refractivity contribution in [3.63, 3.8) is 0 Å². The molecule has 4 heteroatoms. The predicted octanol–water partition coefficient (Wildman–Crippen LogP) is 2.78. The van der Waals surface area contributed by atoms with Crippen LogP contribution in [0.2, 0.25) is 0 Å². The van der Waals surface area contributed by atoms with Crippen molar-refractivity contribution in [1.82, 2.24) is 5.32 Å². The number of hydrogen-bond donors (Lipinski definition) is 1. The topological polar surface area (TPSA) is 54.3 Å². The molecule has 0 aromatic carbocycles. The second kappa shape index (κ2) is 7.40. The summed E-state index contributed by atoms with van der Waals surface area (Å²) in [5.41, 5.74) is -0.398. The van der Waals surface area contributed by atoms with Crippen molar-refractivity contribution in [1.29, 1.82) is 5.26 Å². The SMILES string of the molecule is CC(C)NC1(C#N)CCCC(OCC2CCCCO2)C1. The average molecular weight is 280 g/mol. The van der Waals surface area contributed by atoms with Gasteiger partial charge in [-0.3, -0.25) is 5.32 Å². The molecule has 1 aliphatic heterocycles. The second-order valence-electron chi connectivity index (χ2n) is 6.53. The number of ether oxygens (including phenoxy) is 2. The van der Waals surface area contributed by atoms with Crippen LogP contribution in [-0.2, 0) is 9.47 Å². The standard InChI is InChI=1S/C16H28N2O2/c1-13(2)18-16(12-17)8-5-7-14(10-16)20-11-15-6-3-4-9-19-15/h13-15,18H,3-11H2,1-2H3. The first kappa shape index (κ1) is 15.8. The van der Waals surface area contributed by atoms with Gasteiger partial charge in [0.05, 0.1) is 24.9 Å². The van der Waals surface area contributed by atoms with Crippen LogP contribution in [-0.4, -0.2) is 37.0 Å². The molecule has 0 aromatic heterocycles. The first-order chi connectivity index (χ1) is 9.63. The lowest BCUT2D eigenvalue weighted by Gasteiger charge is -2.38. The fraction of sp³-hybridized carbons (Fsp3) is 0.938. The summed E-state index contributed by atoms with van der Waals surface area (Å²) in [6.07, 6.45) is 7.85. The molecular weight excluding hydrogens is 252 g/mol. The van der Waals surface area contributed by atoms with Crippen LogP contribution in [0.5, 0.6) is 0 Å². The van der Waals surface area contributed by atoms with E-state index in [1.165, 1.54) is 12.8 Å². The lowest BCUT2D eigenvalue weighted by Crippen LogP contribution is -2.52. The van der Waals surface area contributed by atoms with E-state index >= 15 is 0 Å². The molecule has 114 valence electrons.